The van der Waals surface area contributed by atoms with Crippen LogP contribution in [0.2, 0.25) is 0 Å². The molecule has 5 nitrogen and oxygen atoms in total. The highest BCUT2D eigenvalue weighted by Crippen LogP contribution is 2.32. The first-order valence-electron chi connectivity index (χ1n) is 8.25. The van der Waals surface area contributed by atoms with Crippen LogP contribution in [0.3, 0.4) is 0 Å². The predicted molar refractivity (Wildman–Crippen MR) is 104 cm³/mol. The van der Waals surface area contributed by atoms with Gasteiger partial charge in [0.1, 0.15) is 0 Å². The summed E-state index contributed by atoms with van der Waals surface area (Å²) in [5.74, 6) is -3.37. The van der Waals surface area contributed by atoms with E-state index in [0.717, 1.165) is 5.56 Å². The molecule has 8 heteroatoms. The van der Waals surface area contributed by atoms with Crippen molar-refractivity contribution in [2.24, 2.45) is 0 Å². The number of alkyl halides is 2. The van der Waals surface area contributed by atoms with E-state index in [2.05, 4.69) is 10.6 Å². The van der Waals surface area contributed by atoms with Crippen molar-refractivity contribution in [1.82, 2.24) is 0 Å². The largest absolute Gasteiger partial charge is 0.459 e. The summed E-state index contributed by atoms with van der Waals surface area (Å²) in [5.41, 5.74) is 1.77. The van der Waals surface area contributed by atoms with Crippen LogP contribution in [0, 0.1) is 6.92 Å². The third kappa shape index (κ3) is 4.77. The first kappa shape index (κ1) is 19.6. The zero-order chi connectivity index (χ0) is 20.1. The number of carbonyl (C=O) groups excluding carboxylic acids is 2. The summed E-state index contributed by atoms with van der Waals surface area (Å²) in [6.07, 6.45) is 1.39. The number of carbonyl (C=O) groups is 2. The Kier molecular flexibility index (Phi) is 6.10. The highest BCUT2D eigenvalue weighted by atomic mass is 32.2. The van der Waals surface area contributed by atoms with Crippen LogP contribution in [0.5, 0.6) is 0 Å². The Balaban J connectivity index is 1.79. The molecule has 0 bridgehead atoms. The molecular weight excluding hydrogens is 386 g/mol. The molecule has 0 saturated carbocycles. The van der Waals surface area contributed by atoms with Crippen LogP contribution in [0.25, 0.3) is 0 Å². The minimum atomic E-state index is -2.60. The topological polar surface area (TPSA) is 71.3 Å². The number of benzene rings is 2. The zero-order valence-corrected chi connectivity index (χ0v) is 15.6. The number of amides is 2. The molecule has 1 aromatic heterocycles. The number of furan rings is 1. The molecule has 0 aliphatic heterocycles. The lowest BCUT2D eigenvalue weighted by Gasteiger charge is -2.12. The molecule has 144 valence electrons. The summed E-state index contributed by atoms with van der Waals surface area (Å²) in [4.78, 5) is 25.0. The van der Waals surface area contributed by atoms with Gasteiger partial charge in [0.05, 0.1) is 12.0 Å². The van der Waals surface area contributed by atoms with E-state index in [1.807, 2.05) is 0 Å². The van der Waals surface area contributed by atoms with Gasteiger partial charge in [-0.15, -0.1) is 0 Å². The molecule has 0 spiro atoms. The van der Waals surface area contributed by atoms with Gasteiger partial charge < -0.3 is 15.1 Å². The van der Waals surface area contributed by atoms with E-state index in [1.165, 1.54) is 24.5 Å². The van der Waals surface area contributed by atoms with Gasteiger partial charge in [-0.05, 0) is 48.9 Å². The van der Waals surface area contributed by atoms with Crippen molar-refractivity contribution in [1.29, 1.82) is 0 Å². The van der Waals surface area contributed by atoms with E-state index in [0.29, 0.717) is 23.1 Å². The highest BCUT2D eigenvalue weighted by Gasteiger charge is 2.15. The van der Waals surface area contributed by atoms with Gasteiger partial charge in [0.2, 0.25) is 0 Å². The maximum atomic E-state index is 12.7. The molecule has 0 atom stereocenters. The summed E-state index contributed by atoms with van der Waals surface area (Å²) < 4.78 is 30.5. The maximum absolute atomic E-state index is 12.7. The molecule has 0 fully saturated rings. The lowest BCUT2D eigenvalue weighted by atomic mass is 10.1. The summed E-state index contributed by atoms with van der Waals surface area (Å²) in [5, 5.41) is 5.33. The van der Waals surface area contributed by atoms with E-state index in [4.69, 9.17) is 4.42 Å². The van der Waals surface area contributed by atoms with E-state index in [1.54, 1.807) is 43.3 Å². The number of halogens is 2. The second-order valence-corrected chi connectivity index (χ2v) is 6.82. The number of thioether (sulfide) groups is 1. The molecule has 3 aromatic rings. The standard InChI is InChI=1S/C20H16F2N2O3S/c1-12-8-9-13(11-15(12)24-19(26)16-6-4-10-27-16)18(25)23-14-5-2-3-7-17(14)28-20(21)22/h2-11,20H,1H3,(H,23,25)(H,24,26). The van der Waals surface area contributed by atoms with Crippen molar-refractivity contribution < 1.29 is 22.8 Å². The smallest absolute Gasteiger partial charge is 0.291 e. The fourth-order valence-electron chi connectivity index (χ4n) is 2.45. The van der Waals surface area contributed by atoms with Gasteiger partial charge in [-0.3, -0.25) is 9.59 Å². The number of nitrogens with one attached hydrogen (secondary N) is 2. The molecule has 0 radical (unpaired) electrons. The van der Waals surface area contributed by atoms with E-state index in [-0.39, 0.29) is 16.2 Å². The van der Waals surface area contributed by atoms with Gasteiger partial charge in [0, 0.05) is 16.1 Å². The molecule has 2 aromatic carbocycles. The third-order valence-electron chi connectivity index (χ3n) is 3.84. The second kappa shape index (κ2) is 8.71. The monoisotopic (exact) mass is 402 g/mol. The minimum absolute atomic E-state index is 0.146. The van der Waals surface area contributed by atoms with Crippen LogP contribution in [0.15, 0.2) is 70.2 Å². The van der Waals surface area contributed by atoms with Gasteiger partial charge in [-0.2, -0.15) is 8.78 Å². The average molecular weight is 402 g/mol. The van der Waals surface area contributed by atoms with Crippen molar-refractivity contribution >= 4 is 35.0 Å². The molecule has 2 amide bonds. The van der Waals surface area contributed by atoms with Crippen molar-refractivity contribution in [2.45, 2.75) is 17.6 Å². The minimum Gasteiger partial charge on any atom is -0.459 e. The van der Waals surface area contributed by atoms with Crippen LogP contribution in [-0.4, -0.2) is 17.6 Å². The van der Waals surface area contributed by atoms with Gasteiger partial charge in [0.15, 0.2) is 5.76 Å². The highest BCUT2D eigenvalue weighted by molar-refractivity contribution is 7.99. The summed E-state index contributed by atoms with van der Waals surface area (Å²) in [7, 11) is 0. The van der Waals surface area contributed by atoms with E-state index < -0.39 is 17.6 Å². The predicted octanol–water partition coefficient (Wildman–Crippen LogP) is 5.41. The first-order chi connectivity index (χ1) is 13.4. The van der Waals surface area contributed by atoms with Gasteiger partial charge in [0.25, 0.3) is 17.6 Å². The van der Waals surface area contributed by atoms with Gasteiger partial charge in [-0.25, -0.2) is 0 Å². The van der Waals surface area contributed by atoms with E-state index in [9.17, 15) is 18.4 Å². The number of aryl methyl sites for hydroxylation is 1. The molecule has 0 saturated heterocycles. The number of hydrogen-bond acceptors (Lipinski definition) is 4. The molecule has 0 unspecified atom stereocenters. The second-order valence-electron chi connectivity index (χ2n) is 5.79. The first-order valence-corrected chi connectivity index (χ1v) is 9.12. The Morgan fingerprint density at radius 2 is 1.71 bits per heavy atom. The molecule has 0 aliphatic rings. The van der Waals surface area contributed by atoms with Crippen molar-refractivity contribution in [2.75, 3.05) is 10.6 Å². The zero-order valence-electron chi connectivity index (χ0n) is 14.7. The molecule has 2 N–H and O–H groups in total. The van der Waals surface area contributed by atoms with Crippen LogP contribution in [0.1, 0.15) is 26.5 Å². The summed E-state index contributed by atoms with van der Waals surface area (Å²) in [6.45, 7) is 1.79. The van der Waals surface area contributed by atoms with Crippen molar-refractivity contribution in [3.8, 4) is 0 Å². The SMILES string of the molecule is Cc1ccc(C(=O)Nc2ccccc2SC(F)F)cc1NC(=O)c1ccco1. The number of anilines is 2. The van der Waals surface area contributed by atoms with Gasteiger partial charge >= 0.3 is 0 Å². The maximum Gasteiger partial charge on any atom is 0.291 e. The number of hydrogen-bond donors (Lipinski definition) is 2. The third-order valence-corrected chi connectivity index (χ3v) is 4.63. The van der Waals surface area contributed by atoms with E-state index >= 15 is 0 Å². The quantitative estimate of drug-likeness (QED) is 0.541. The molecule has 0 aliphatic carbocycles. The molecule has 28 heavy (non-hydrogen) atoms. The lowest BCUT2D eigenvalue weighted by molar-refractivity contribution is 0.0993. The van der Waals surface area contributed by atoms with Crippen LogP contribution in [0.4, 0.5) is 20.2 Å². The Bertz CT molecular complexity index is 991. The Morgan fingerprint density at radius 3 is 2.43 bits per heavy atom. The summed E-state index contributed by atoms with van der Waals surface area (Å²) >= 11 is 0.359. The van der Waals surface area contributed by atoms with Gasteiger partial charge in [-0.1, -0.05) is 30.0 Å². The fraction of sp³-hybridized carbons (Fsp3) is 0.100. The lowest BCUT2D eigenvalue weighted by Crippen LogP contribution is -2.15. The Morgan fingerprint density at radius 1 is 0.964 bits per heavy atom. The number of rotatable bonds is 6. The van der Waals surface area contributed by atoms with Crippen molar-refractivity contribution in [3.05, 3.63) is 77.7 Å². The normalized spacial score (nSPS) is 10.7. The van der Waals surface area contributed by atoms with Crippen LogP contribution >= 0.6 is 11.8 Å². The molecular formula is C20H16F2N2O3S. The summed E-state index contributed by atoms with van der Waals surface area (Å²) in [6, 6.07) is 14.3. The Hall–Kier alpha value is -3.13. The van der Waals surface area contributed by atoms with Crippen LogP contribution < -0.4 is 10.6 Å². The molecule has 3 rings (SSSR count). The Labute approximate surface area is 164 Å². The van der Waals surface area contributed by atoms with Crippen LogP contribution in [-0.2, 0) is 0 Å². The average Bonchev–Trinajstić information content (AvgIpc) is 3.19. The molecule has 1 heterocycles. The number of para-hydroxylation sites is 1. The van der Waals surface area contributed by atoms with Crippen molar-refractivity contribution in [3.63, 3.8) is 0 Å². The fourth-order valence-corrected chi connectivity index (χ4v) is 3.05.